The number of pyridine rings is 1. The lowest BCUT2D eigenvalue weighted by molar-refractivity contribution is 0.0174. The van der Waals surface area contributed by atoms with Gasteiger partial charge in [-0.15, -0.1) is 0 Å². The highest BCUT2D eigenvalue weighted by molar-refractivity contribution is 5.38. The maximum absolute atomic E-state index is 13.2. The first-order chi connectivity index (χ1) is 8.45. The summed E-state index contributed by atoms with van der Waals surface area (Å²) in [4.78, 5) is 3.70. The van der Waals surface area contributed by atoms with Crippen molar-refractivity contribution >= 4 is 0 Å². The largest absolute Gasteiger partial charge is 0.270 e. The van der Waals surface area contributed by atoms with Crippen molar-refractivity contribution in [3.8, 4) is 0 Å². The third kappa shape index (κ3) is 3.09. The molecule has 1 aromatic carbocycles. The Hall–Kier alpha value is -1.84. The average Bonchev–Trinajstić information content (AvgIpc) is 2.28. The minimum Gasteiger partial charge on any atom is -0.261 e. The van der Waals surface area contributed by atoms with Crippen molar-refractivity contribution in [1.29, 1.82) is 0 Å². The number of nitrogens with zero attached hydrogens (tertiary/aromatic N) is 1. The fraction of sp³-hybridized carbons (Fsp3) is 0.143. The molecule has 1 heterocycles. The van der Waals surface area contributed by atoms with Gasteiger partial charge in [-0.3, -0.25) is 4.98 Å². The minimum atomic E-state index is -2.88. The molecule has 0 aliphatic heterocycles. The molecule has 0 unspecified atom stereocenters. The van der Waals surface area contributed by atoms with E-state index in [-0.39, 0.29) is 5.56 Å². The van der Waals surface area contributed by atoms with Crippen LogP contribution < -0.4 is 0 Å². The van der Waals surface area contributed by atoms with Crippen LogP contribution in [0.15, 0.2) is 42.7 Å². The van der Waals surface area contributed by atoms with E-state index in [0.717, 1.165) is 13.1 Å². The molecule has 18 heavy (non-hydrogen) atoms. The summed E-state index contributed by atoms with van der Waals surface area (Å²) in [5, 5.41) is 0. The van der Waals surface area contributed by atoms with Crippen LogP contribution in [0, 0.1) is 12.2 Å². The number of benzene rings is 1. The van der Waals surface area contributed by atoms with Crippen LogP contribution in [0.1, 0.15) is 23.6 Å². The molecule has 0 aliphatic rings. The molecule has 0 saturated heterocycles. The third-order valence-corrected chi connectivity index (χ3v) is 2.45. The fourth-order valence-corrected chi connectivity index (χ4v) is 1.60. The summed E-state index contributed by atoms with van der Waals surface area (Å²) in [6.45, 7) is 0.843. The Morgan fingerprint density at radius 3 is 2.56 bits per heavy atom. The van der Waals surface area contributed by atoms with Gasteiger partial charge in [-0.2, -0.15) is 0 Å². The molecule has 0 N–H and O–H groups in total. The number of halogens is 3. The van der Waals surface area contributed by atoms with E-state index in [2.05, 4.69) is 4.98 Å². The van der Waals surface area contributed by atoms with Crippen molar-refractivity contribution in [2.24, 2.45) is 0 Å². The van der Waals surface area contributed by atoms with E-state index in [1.165, 1.54) is 24.4 Å². The highest BCUT2D eigenvalue weighted by Gasteiger charge is 2.24. The highest BCUT2D eigenvalue weighted by atomic mass is 19.3. The molecule has 1 radical (unpaired) electrons. The van der Waals surface area contributed by atoms with E-state index in [9.17, 15) is 13.2 Å². The SMILES string of the molecule is CC(F)(F)c1cccc([CH]c2cncc(F)c2)c1. The van der Waals surface area contributed by atoms with Crippen molar-refractivity contribution in [3.05, 3.63) is 71.7 Å². The van der Waals surface area contributed by atoms with Gasteiger partial charge in [0.25, 0.3) is 5.92 Å². The monoisotopic (exact) mass is 250 g/mol. The van der Waals surface area contributed by atoms with E-state index in [4.69, 9.17) is 0 Å². The number of hydrogen-bond donors (Lipinski definition) is 0. The minimum absolute atomic E-state index is 0.0689. The van der Waals surface area contributed by atoms with Gasteiger partial charge in [-0.05, 0) is 23.3 Å². The van der Waals surface area contributed by atoms with Crippen LogP contribution in [0.5, 0.6) is 0 Å². The molecular weight excluding hydrogens is 239 g/mol. The van der Waals surface area contributed by atoms with Crippen molar-refractivity contribution < 1.29 is 13.2 Å². The van der Waals surface area contributed by atoms with Gasteiger partial charge in [0.2, 0.25) is 0 Å². The normalized spacial score (nSPS) is 11.6. The van der Waals surface area contributed by atoms with Crippen molar-refractivity contribution in [2.45, 2.75) is 12.8 Å². The molecule has 0 bridgehead atoms. The summed E-state index contributed by atoms with van der Waals surface area (Å²) in [6, 6.07) is 7.27. The fourth-order valence-electron chi connectivity index (χ4n) is 1.60. The van der Waals surface area contributed by atoms with Gasteiger partial charge in [0.05, 0.1) is 6.20 Å². The molecule has 2 rings (SSSR count). The van der Waals surface area contributed by atoms with Crippen molar-refractivity contribution in [1.82, 2.24) is 4.98 Å². The van der Waals surface area contributed by atoms with Gasteiger partial charge >= 0.3 is 0 Å². The van der Waals surface area contributed by atoms with E-state index < -0.39 is 11.7 Å². The summed E-state index contributed by atoms with van der Waals surface area (Å²) in [6.07, 6.45) is 4.17. The Bertz CT molecular complexity index is 547. The van der Waals surface area contributed by atoms with Crippen LogP contribution in [0.25, 0.3) is 0 Å². The molecule has 0 atom stereocenters. The Kier molecular flexibility index (Phi) is 3.36. The van der Waals surface area contributed by atoms with Crippen molar-refractivity contribution in [3.63, 3.8) is 0 Å². The van der Waals surface area contributed by atoms with Crippen LogP contribution in [0.3, 0.4) is 0 Å². The average molecular weight is 250 g/mol. The van der Waals surface area contributed by atoms with Crippen LogP contribution in [0.4, 0.5) is 13.2 Å². The molecule has 0 saturated carbocycles. The molecule has 93 valence electrons. The molecular formula is C14H11F3N. The summed E-state index contributed by atoms with van der Waals surface area (Å²) in [7, 11) is 0. The number of rotatable bonds is 3. The maximum atomic E-state index is 13.2. The second-order valence-corrected chi connectivity index (χ2v) is 4.09. The van der Waals surface area contributed by atoms with Crippen molar-refractivity contribution in [2.75, 3.05) is 0 Å². The van der Waals surface area contributed by atoms with Gasteiger partial charge in [0.15, 0.2) is 0 Å². The second kappa shape index (κ2) is 4.80. The first-order valence-electron chi connectivity index (χ1n) is 5.39. The molecule has 0 amide bonds. The van der Waals surface area contributed by atoms with Crippen LogP contribution in [-0.2, 0) is 5.92 Å². The maximum Gasteiger partial charge on any atom is 0.270 e. The lowest BCUT2D eigenvalue weighted by Crippen LogP contribution is -2.07. The first kappa shape index (κ1) is 12.6. The number of aromatic nitrogens is 1. The molecule has 4 heteroatoms. The smallest absolute Gasteiger partial charge is 0.261 e. The van der Waals surface area contributed by atoms with Gasteiger partial charge in [0, 0.05) is 25.1 Å². The zero-order valence-corrected chi connectivity index (χ0v) is 9.70. The zero-order chi connectivity index (χ0) is 13.2. The Labute approximate surface area is 103 Å². The predicted molar refractivity (Wildman–Crippen MR) is 62.7 cm³/mol. The topological polar surface area (TPSA) is 12.9 Å². The van der Waals surface area contributed by atoms with E-state index in [0.29, 0.717) is 11.1 Å². The lowest BCUT2D eigenvalue weighted by Gasteiger charge is -2.11. The van der Waals surface area contributed by atoms with E-state index in [1.54, 1.807) is 18.6 Å². The first-order valence-corrected chi connectivity index (χ1v) is 5.39. The lowest BCUT2D eigenvalue weighted by atomic mass is 10.0. The van der Waals surface area contributed by atoms with E-state index in [1.807, 2.05) is 0 Å². The zero-order valence-electron chi connectivity index (χ0n) is 9.70. The van der Waals surface area contributed by atoms with Crippen LogP contribution in [-0.4, -0.2) is 4.98 Å². The Balaban J connectivity index is 2.25. The summed E-state index contributed by atoms with van der Waals surface area (Å²) in [5.74, 6) is -3.34. The second-order valence-electron chi connectivity index (χ2n) is 4.09. The summed E-state index contributed by atoms with van der Waals surface area (Å²) < 4.78 is 39.2. The molecule has 2 aromatic rings. The van der Waals surface area contributed by atoms with Gasteiger partial charge in [-0.25, -0.2) is 13.2 Å². The molecule has 0 aliphatic carbocycles. The van der Waals surface area contributed by atoms with E-state index >= 15 is 0 Å². The molecule has 0 fully saturated rings. The summed E-state index contributed by atoms with van der Waals surface area (Å²) >= 11 is 0. The molecule has 0 spiro atoms. The highest BCUT2D eigenvalue weighted by Crippen LogP contribution is 2.28. The quantitative estimate of drug-likeness (QED) is 0.804. The number of alkyl halides is 2. The third-order valence-electron chi connectivity index (χ3n) is 2.45. The van der Waals surface area contributed by atoms with Crippen LogP contribution in [0.2, 0.25) is 0 Å². The number of hydrogen-bond acceptors (Lipinski definition) is 1. The standard InChI is InChI=1S/C14H11F3N/c1-14(16,17)12-4-2-3-10(6-12)5-11-7-13(15)9-18-8-11/h2-9H,1H3. The summed E-state index contributed by atoms with van der Waals surface area (Å²) in [5.41, 5.74) is 1.05. The Morgan fingerprint density at radius 1 is 1.11 bits per heavy atom. The van der Waals surface area contributed by atoms with Gasteiger partial charge in [0.1, 0.15) is 5.82 Å². The predicted octanol–water partition coefficient (Wildman–Crippen LogP) is 3.93. The Morgan fingerprint density at radius 2 is 1.89 bits per heavy atom. The van der Waals surface area contributed by atoms with Gasteiger partial charge < -0.3 is 0 Å². The van der Waals surface area contributed by atoms with Gasteiger partial charge in [-0.1, -0.05) is 18.2 Å². The molecule has 1 aromatic heterocycles. The molecule has 1 nitrogen and oxygen atoms in total. The van der Waals surface area contributed by atoms with Crippen LogP contribution >= 0.6 is 0 Å².